The molecule has 82 valence electrons. The largest absolute Gasteiger partial charge is 0.232 e. The highest BCUT2D eigenvalue weighted by Crippen LogP contribution is 2.25. The highest BCUT2D eigenvalue weighted by Gasteiger charge is 2.10. The minimum absolute atomic E-state index is 0.520. The van der Waals surface area contributed by atoms with Gasteiger partial charge in [-0.2, -0.15) is 0 Å². The van der Waals surface area contributed by atoms with Crippen LogP contribution in [0.2, 0.25) is 5.15 Å². The number of aromatic nitrogens is 2. The average Bonchev–Trinajstić information content (AvgIpc) is 2.26. The second kappa shape index (κ2) is 4.67. The molecule has 0 fully saturated rings. The molecule has 1 aromatic carbocycles. The van der Waals surface area contributed by atoms with Crippen molar-refractivity contribution in [2.24, 2.45) is 0 Å². The fourth-order valence-corrected chi connectivity index (χ4v) is 1.93. The van der Waals surface area contributed by atoms with E-state index in [4.69, 9.17) is 11.6 Å². The van der Waals surface area contributed by atoms with Crippen molar-refractivity contribution in [2.45, 2.75) is 13.8 Å². The van der Waals surface area contributed by atoms with E-state index >= 15 is 0 Å². The second-order valence-corrected chi connectivity index (χ2v) is 4.99. The molecule has 0 spiro atoms. The highest BCUT2D eigenvalue weighted by molar-refractivity contribution is 14.1. The molecule has 2 nitrogen and oxygen atoms in total. The highest BCUT2D eigenvalue weighted by atomic mass is 127. The summed E-state index contributed by atoms with van der Waals surface area (Å²) in [4.78, 5) is 8.77. The Morgan fingerprint density at radius 3 is 2.44 bits per heavy atom. The lowest BCUT2D eigenvalue weighted by Gasteiger charge is -2.07. The molecule has 0 aliphatic heterocycles. The summed E-state index contributed by atoms with van der Waals surface area (Å²) in [5.41, 5.74) is 3.10. The Morgan fingerprint density at radius 1 is 1.12 bits per heavy atom. The van der Waals surface area contributed by atoms with Gasteiger partial charge in [0.25, 0.3) is 0 Å². The van der Waals surface area contributed by atoms with Crippen LogP contribution < -0.4 is 0 Å². The quantitative estimate of drug-likeness (QED) is 0.577. The van der Waals surface area contributed by atoms with Crippen molar-refractivity contribution < 1.29 is 0 Å². The molecule has 0 saturated heterocycles. The topological polar surface area (TPSA) is 25.8 Å². The molecule has 0 amide bonds. The third-order valence-corrected chi connectivity index (χ3v) is 4.25. The summed E-state index contributed by atoms with van der Waals surface area (Å²) in [5.74, 6) is 0.695. The standard InChI is InChI=1S/C12H10ClIN2/c1-7-5-3-4-6-9(7)12-15-8(2)10(14)11(13)16-12/h3-6H,1-2H3. The summed E-state index contributed by atoms with van der Waals surface area (Å²) in [6.07, 6.45) is 0. The minimum atomic E-state index is 0.520. The number of hydrogen-bond acceptors (Lipinski definition) is 2. The van der Waals surface area contributed by atoms with Crippen LogP contribution in [-0.2, 0) is 0 Å². The Hall–Kier alpha value is -0.680. The van der Waals surface area contributed by atoms with Crippen molar-refractivity contribution in [1.82, 2.24) is 9.97 Å². The Balaban J connectivity index is 2.62. The van der Waals surface area contributed by atoms with Gasteiger partial charge in [-0.15, -0.1) is 0 Å². The summed E-state index contributed by atoms with van der Waals surface area (Å²) in [6.45, 7) is 3.98. The van der Waals surface area contributed by atoms with E-state index in [1.165, 1.54) is 0 Å². The van der Waals surface area contributed by atoms with E-state index in [0.717, 1.165) is 20.4 Å². The van der Waals surface area contributed by atoms with Gasteiger partial charge in [-0.1, -0.05) is 35.9 Å². The third kappa shape index (κ3) is 2.20. The van der Waals surface area contributed by atoms with Crippen LogP contribution in [0.1, 0.15) is 11.3 Å². The van der Waals surface area contributed by atoms with Gasteiger partial charge in [0.05, 0.1) is 9.26 Å². The summed E-state index contributed by atoms with van der Waals surface area (Å²) in [6, 6.07) is 8.03. The molecule has 0 atom stereocenters. The molecule has 0 aliphatic rings. The molecule has 0 bridgehead atoms. The fraction of sp³-hybridized carbons (Fsp3) is 0.167. The molecule has 2 aromatic rings. The monoisotopic (exact) mass is 344 g/mol. The van der Waals surface area contributed by atoms with Gasteiger partial charge in [0.2, 0.25) is 0 Å². The zero-order valence-corrected chi connectivity index (χ0v) is 11.9. The lowest BCUT2D eigenvalue weighted by Crippen LogP contribution is -1.97. The molecule has 0 unspecified atom stereocenters. The molecule has 0 radical (unpaired) electrons. The van der Waals surface area contributed by atoms with E-state index in [1.54, 1.807) is 0 Å². The number of hydrogen-bond donors (Lipinski definition) is 0. The normalized spacial score (nSPS) is 10.5. The Bertz CT molecular complexity index is 517. The van der Waals surface area contributed by atoms with Gasteiger partial charge in [-0.3, -0.25) is 0 Å². The van der Waals surface area contributed by atoms with Crippen LogP contribution in [-0.4, -0.2) is 9.97 Å². The second-order valence-electron chi connectivity index (χ2n) is 3.55. The lowest BCUT2D eigenvalue weighted by molar-refractivity contribution is 1.09. The molecule has 0 saturated carbocycles. The van der Waals surface area contributed by atoms with E-state index in [2.05, 4.69) is 32.6 Å². The van der Waals surface area contributed by atoms with Gasteiger partial charge in [-0.25, -0.2) is 9.97 Å². The van der Waals surface area contributed by atoms with Gasteiger partial charge < -0.3 is 0 Å². The smallest absolute Gasteiger partial charge is 0.161 e. The number of nitrogens with zero attached hydrogens (tertiary/aromatic N) is 2. The van der Waals surface area contributed by atoms with Crippen LogP contribution >= 0.6 is 34.2 Å². The summed E-state index contributed by atoms with van der Waals surface area (Å²) < 4.78 is 0.914. The molecule has 0 aliphatic carbocycles. The first kappa shape index (κ1) is 11.8. The van der Waals surface area contributed by atoms with E-state index in [9.17, 15) is 0 Å². The minimum Gasteiger partial charge on any atom is -0.232 e. The first-order valence-corrected chi connectivity index (χ1v) is 6.31. The molecule has 1 aromatic heterocycles. The van der Waals surface area contributed by atoms with Gasteiger partial charge in [0.1, 0.15) is 5.15 Å². The van der Waals surface area contributed by atoms with Crippen LogP contribution in [0.5, 0.6) is 0 Å². The van der Waals surface area contributed by atoms with Crippen molar-refractivity contribution in [3.8, 4) is 11.4 Å². The van der Waals surface area contributed by atoms with Gasteiger partial charge in [0.15, 0.2) is 5.82 Å². The van der Waals surface area contributed by atoms with Crippen LogP contribution in [0.25, 0.3) is 11.4 Å². The maximum absolute atomic E-state index is 6.06. The number of aryl methyl sites for hydroxylation is 2. The fourth-order valence-electron chi connectivity index (χ4n) is 1.47. The van der Waals surface area contributed by atoms with Crippen LogP contribution in [0, 0.1) is 17.4 Å². The summed E-state index contributed by atoms with van der Waals surface area (Å²) >= 11 is 8.22. The molecular weight excluding hydrogens is 335 g/mol. The predicted molar refractivity (Wildman–Crippen MR) is 74.7 cm³/mol. The van der Waals surface area contributed by atoms with E-state index in [0.29, 0.717) is 11.0 Å². The van der Waals surface area contributed by atoms with Crippen molar-refractivity contribution >= 4 is 34.2 Å². The molecule has 2 rings (SSSR count). The number of benzene rings is 1. The summed E-state index contributed by atoms with van der Waals surface area (Å²) in [7, 11) is 0. The van der Waals surface area contributed by atoms with E-state index in [-0.39, 0.29) is 0 Å². The Labute approximate surface area is 113 Å². The molecule has 4 heteroatoms. The van der Waals surface area contributed by atoms with Crippen molar-refractivity contribution in [2.75, 3.05) is 0 Å². The first-order valence-electron chi connectivity index (χ1n) is 4.85. The maximum Gasteiger partial charge on any atom is 0.161 e. The Kier molecular flexibility index (Phi) is 3.44. The lowest BCUT2D eigenvalue weighted by atomic mass is 10.1. The SMILES string of the molecule is Cc1ccccc1-c1nc(C)c(I)c(Cl)n1. The van der Waals surface area contributed by atoms with Gasteiger partial charge >= 0.3 is 0 Å². The maximum atomic E-state index is 6.06. The van der Waals surface area contributed by atoms with Crippen LogP contribution in [0.3, 0.4) is 0 Å². The molecule has 0 N–H and O–H groups in total. The Morgan fingerprint density at radius 2 is 1.81 bits per heavy atom. The predicted octanol–water partition coefficient (Wildman–Crippen LogP) is 4.02. The van der Waals surface area contributed by atoms with Gasteiger partial charge in [-0.05, 0) is 42.0 Å². The van der Waals surface area contributed by atoms with Crippen LogP contribution in [0.4, 0.5) is 0 Å². The third-order valence-electron chi connectivity index (χ3n) is 2.36. The zero-order chi connectivity index (χ0) is 11.7. The van der Waals surface area contributed by atoms with E-state index in [1.807, 2.05) is 38.1 Å². The first-order chi connectivity index (χ1) is 7.59. The zero-order valence-electron chi connectivity index (χ0n) is 8.96. The van der Waals surface area contributed by atoms with Crippen molar-refractivity contribution in [1.29, 1.82) is 0 Å². The molecule has 1 heterocycles. The van der Waals surface area contributed by atoms with Gasteiger partial charge in [0, 0.05) is 5.56 Å². The summed E-state index contributed by atoms with van der Waals surface area (Å²) in [5, 5.41) is 0.520. The van der Waals surface area contributed by atoms with E-state index < -0.39 is 0 Å². The average molecular weight is 345 g/mol. The van der Waals surface area contributed by atoms with Crippen LogP contribution in [0.15, 0.2) is 24.3 Å². The van der Waals surface area contributed by atoms with Crippen molar-refractivity contribution in [3.63, 3.8) is 0 Å². The molecule has 16 heavy (non-hydrogen) atoms. The van der Waals surface area contributed by atoms with Crippen molar-refractivity contribution in [3.05, 3.63) is 44.2 Å². The number of halogens is 2. The molecular formula is C12H10ClIN2. The number of rotatable bonds is 1.